The molecule has 0 radical (unpaired) electrons. The van der Waals surface area contributed by atoms with Crippen LogP contribution in [0.4, 0.5) is 0 Å². The van der Waals surface area contributed by atoms with Gasteiger partial charge in [-0.05, 0) is 37.5 Å². The van der Waals surface area contributed by atoms with Crippen molar-refractivity contribution in [2.75, 3.05) is 13.2 Å². The molecule has 2 aliphatic heterocycles. The van der Waals surface area contributed by atoms with E-state index < -0.39 is 0 Å². The molecule has 2 aromatic carbocycles. The standard InChI is InChI=1S/C23H21Cl2N3O2/c1-13-4-6-14(7-5-13)20-19-21(27-26-20)23(29)28(12-16-3-2-10-30-16)22(19)15-8-9-17(24)18(25)11-15/h4-9,11,16,22H,2-3,10,12H2,1H3,(H,26,27). The predicted octanol–water partition coefficient (Wildman–Crippen LogP) is 5.42. The van der Waals surface area contributed by atoms with E-state index in [1.165, 1.54) is 5.56 Å². The van der Waals surface area contributed by atoms with Crippen LogP contribution in [0.3, 0.4) is 0 Å². The van der Waals surface area contributed by atoms with Gasteiger partial charge in [0, 0.05) is 24.3 Å². The van der Waals surface area contributed by atoms with Crippen LogP contribution >= 0.6 is 23.2 Å². The molecule has 5 nitrogen and oxygen atoms in total. The number of fused-ring (bicyclic) bond motifs is 1. The molecule has 0 spiro atoms. The van der Waals surface area contributed by atoms with Gasteiger partial charge in [-0.1, -0.05) is 59.1 Å². The highest BCUT2D eigenvalue weighted by Crippen LogP contribution is 2.44. The van der Waals surface area contributed by atoms with E-state index >= 15 is 0 Å². The van der Waals surface area contributed by atoms with Crippen LogP contribution in [-0.4, -0.2) is 40.3 Å². The molecular weight excluding hydrogens is 421 g/mol. The molecule has 3 heterocycles. The molecule has 2 atom stereocenters. The Bertz CT molecular complexity index is 1100. The monoisotopic (exact) mass is 441 g/mol. The Labute approximate surface area is 184 Å². The van der Waals surface area contributed by atoms with Crippen molar-refractivity contribution >= 4 is 29.1 Å². The molecule has 5 rings (SSSR count). The molecule has 2 unspecified atom stereocenters. The Hall–Kier alpha value is -2.34. The van der Waals surface area contributed by atoms with Crippen molar-refractivity contribution in [3.8, 4) is 11.3 Å². The molecule has 2 aliphatic rings. The minimum Gasteiger partial charge on any atom is -0.376 e. The van der Waals surface area contributed by atoms with Crippen LogP contribution in [0.25, 0.3) is 11.3 Å². The van der Waals surface area contributed by atoms with Crippen molar-refractivity contribution in [2.45, 2.75) is 31.9 Å². The number of ether oxygens (including phenoxy) is 1. The Balaban J connectivity index is 1.63. The topological polar surface area (TPSA) is 58.2 Å². The number of rotatable bonds is 4. The zero-order valence-corrected chi connectivity index (χ0v) is 18.0. The van der Waals surface area contributed by atoms with E-state index in [0.29, 0.717) is 22.3 Å². The highest BCUT2D eigenvalue weighted by atomic mass is 35.5. The number of aryl methyl sites for hydroxylation is 1. The summed E-state index contributed by atoms with van der Waals surface area (Å²) in [5, 5.41) is 8.45. The molecule has 1 aromatic heterocycles. The van der Waals surface area contributed by atoms with Crippen molar-refractivity contribution in [1.29, 1.82) is 0 Å². The number of carbonyl (C=O) groups excluding carboxylic acids is 1. The number of aromatic nitrogens is 2. The SMILES string of the molecule is Cc1ccc(-c2n[nH]c3c2C(c2ccc(Cl)c(Cl)c2)N(CC2CCCO2)C3=O)cc1. The number of amides is 1. The number of halogens is 2. The van der Waals surface area contributed by atoms with Gasteiger partial charge in [0.15, 0.2) is 0 Å². The van der Waals surface area contributed by atoms with Gasteiger partial charge in [-0.15, -0.1) is 0 Å². The average Bonchev–Trinajstić information content (AvgIpc) is 3.45. The summed E-state index contributed by atoms with van der Waals surface area (Å²) in [6.07, 6.45) is 2.01. The first-order chi connectivity index (χ1) is 14.5. The first-order valence-corrected chi connectivity index (χ1v) is 10.8. The Kier molecular flexibility index (Phi) is 5.05. The van der Waals surface area contributed by atoms with Gasteiger partial charge in [-0.3, -0.25) is 9.89 Å². The third-order valence-corrected chi connectivity index (χ3v) is 6.61. The highest BCUT2D eigenvalue weighted by molar-refractivity contribution is 6.42. The fraction of sp³-hybridized carbons (Fsp3) is 0.304. The number of H-pyrrole nitrogens is 1. The highest BCUT2D eigenvalue weighted by Gasteiger charge is 2.43. The second-order valence-electron chi connectivity index (χ2n) is 7.90. The lowest BCUT2D eigenvalue weighted by Crippen LogP contribution is -2.36. The van der Waals surface area contributed by atoms with E-state index in [9.17, 15) is 4.79 Å². The van der Waals surface area contributed by atoms with Crippen molar-refractivity contribution in [1.82, 2.24) is 15.1 Å². The fourth-order valence-corrected chi connectivity index (χ4v) is 4.66. The van der Waals surface area contributed by atoms with Gasteiger partial charge < -0.3 is 9.64 Å². The van der Waals surface area contributed by atoms with Gasteiger partial charge in [0.05, 0.1) is 27.9 Å². The van der Waals surface area contributed by atoms with Crippen molar-refractivity contribution in [2.24, 2.45) is 0 Å². The van der Waals surface area contributed by atoms with Gasteiger partial charge in [-0.25, -0.2) is 0 Å². The summed E-state index contributed by atoms with van der Waals surface area (Å²) in [6, 6.07) is 13.4. The Morgan fingerprint density at radius 2 is 1.97 bits per heavy atom. The molecule has 3 aromatic rings. The summed E-state index contributed by atoms with van der Waals surface area (Å²) in [7, 11) is 0. The third kappa shape index (κ3) is 3.31. The van der Waals surface area contributed by atoms with E-state index in [1.807, 2.05) is 48.2 Å². The Morgan fingerprint density at radius 3 is 2.67 bits per heavy atom. The number of nitrogens with zero attached hydrogens (tertiary/aromatic N) is 2. The number of benzene rings is 2. The molecule has 30 heavy (non-hydrogen) atoms. The quantitative estimate of drug-likeness (QED) is 0.588. The normalized spacial score (nSPS) is 20.8. The van der Waals surface area contributed by atoms with Gasteiger partial charge >= 0.3 is 0 Å². The lowest BCUT2D eigenvalue weighted by molar-refractivity contribution is 0.0495. The predicted molar refractivity (Wildman–Crippen MR) is 117 cm³/mol. The molecule has 1 saturated heterocycles. The van der Waals surface area contributed by atoms with Crippen LogP contribution in [0.2, 0.25) is 10.0 Å². The minimum atomic E-state index is -0.304. The van der Waals surface area contributed by atoms with Crippen LogP contribution in [0.15, 0.2) is 42.5 Å². The van der Waals surface area contributed by atoms with E-state index in [0.717, 1.165) is 41.8 Å². The van der Waals surface area contributed by atoms with Gasteiger partial charge in [-0.2, -0.15) is 5.10 Å². The summed E-state index contributed by atoms with van der Waals surface area (Å²) >= 11 is 12.5. The minimum absolute atomic E-state index is 0.0408. The summed E-state index contributed by atoms with van der Waals surface area (Å²) in [5.74, 6) is -0.0672. The number of hydrogen-bond donors (Lipinski definition) is 1. The second kappa shape index (κ2) is 7.73. The molecule has 0 bridgehead atoms. The maximum Gasteiger partial charge on any atom is 0.273 e. The van der Waals surface area contributed by atoms with Gasteiger partial charge in [0.1, 0.15) is 5.69 Å². The van der Waals surface area contributed by atoms with E-state index in [-0.39, 0.29) is 18.1 Å². The number of aromatic amines is 1. The van der Waals surface area contributed by atoms with Gasteiger partial charge in [0.25, 0.3) is 5.91 Å². The molecule has 7 heteroatoms. The summed E-state index contributed by atoms with van der Waals surface area (Å²) in [4.78, 5) is 15.2. The largest absolute Gasteiger partial charge is 0.376 e. The first-order valence-electron chi connectivity index (χ1n) is 10.1. The fourth-order valence-electron chi connectivity index (χ4n) is 4.35. The number of hydrogen-bond acceptors (Lipinski definition) is 3. The summed E-state index contributed by atoms with van der Waals surface area (Å²) in [6.45, 7) is 3.31. The van der Waals surface area contributed by atoms with E-state index in [2.05, 4.69) is 10.2 Å². The molecule has 154 valence electrons. The lowest BCUT2D eigenvalue weighted by atomic mass is 9.95. The average molecular weight is 442 g/mol. The van der Waals surface area contributed by atoms with Crippen LogP contribution in [0.1, 0.15) is 46.1 Å². The van der Waals surface area contributed by atoms with Crippen molar-refractivity contribution in [3.63, 3.8) is 0 Å². The van der Waals surface area contributed by atoms with E-state index in [1.54, 1.807) is 6.07 Å². The second-order valence-corrected chi connectivity index (χ2v) is 8.71. The first kappa shape index (κ1) is 19.6. The zero-order valence-electron chi connectivity index (χ0n) is 16.5. The molecule has 1 fully saturated rings. The molecule has 0 aliphatic carbocycles. The van der Waals surface area contributed by atoms with Gasteiger partial charge in [0.2, 0.25) is 0 Å². The maximum atomic E-state index is 13.4. The zero-order chi connectivity index (χ0) is 20.8. The van der Waals surface area contributed by atoms with Crippen LogP contribution in [0, 0.1) is 6.92 Å². The molecule has 0 saturated carbocycles. The number of carbonyl (C=O) groups is 1. The van der Waals surface area contributed by atoms with Crippen molar-refractivity contribution < 1.29 is 9.53 Å². The smallest absolute Gasteiger partial charge is 0.273 e. The molecular formula is C23H21Cl2N3O2. The third-order valence-electron chi connectivity index (χ3n) is 5.87. The lowest BCUT2D eigenvalue weighted by Gasteiger charge is -2.28. The van der Waals surface area contributed by atoms with E-state index in [4.69, 9.17) is 27.9 Å². The Morgan fingerprint density at radius 1 is 1.17 bits per heavy atom. The maximum absolute atomic E-state index is 13.4. The van der Waals surface area contributed by atoms with Crippen LogP contribution < -0.4 is 0 Å². The molecule has 1 amide bonds. The van der Waals surface area contributed by atoms with Crippen LogP contribution in [-0.2, 0) is 4.74 Å². The molecule has 1 N–H and O–H groups in total. The van der Waals surface area contributed by atoms with Crippen LogP contribution in [0.5, 0.6) is 0 Å². The summed E-state index contributed by atoms with van der Waals surface area (Å²) < 4.78 is 5.83. The summed E-state index contributed by atoms with van der Waals surface area (Å²) in [5.41, 5.74) is 5.23. The number of nitrogens with one attached hydrogen (secondary N) is 1. The van der Waals surface area contributed by atoms with Crippen molar-refractivity contribution in [3.05, 3.63) is 74.9 Å².